The van der Waals surface area contributed by atoms with Crippen LogP contribution in [-0.2, 0) is 7.05 Å². The summed E-state index contributed by atoms with van der Waals surface area (Å²) in [5, 5.41) is 0. The Bertz CT molecular complexity index is 844. The van der Waals surface area contributed by atoms with E-state index in [0.29, 0.717) is 0 Å². The van der Waals surface area contributed by atoms with Gasteiger partial charge in [0, 0.05) is 55.2 Å². The first-order chi connectivity index (χ1) is 10.5. The fourth-order valence-electron chi connectivity index (χ4n) is 3.28. The van der Waals surface area contributed by atoms with E-state index in [9.17, 15) is 0 Å². The highest BCUT2D eigenvalue weighted by Crippen LogP contribution is 2.30. The van der Waals surface area contributed by atoms with E-state index >= 15 is 0 Å². The van der Waals surface area contributed by atoms with E-state index in [2.05, 4.69) is 72.3 Å². The molecule has 112 valence electrons. The zero-order valence-electron chi connectivity index (χ0n) is 13.9. The molecule has 0 aliphatic rings. The molecule has 0 bridgehead atoms. The molecule has 0 fully saturated rings. The second-order valence-electron chi connectivity index (χ2n) is 5.93. The smallest absolute Gasteiger partial charge is 0.217 e. The van der Waals surface area contributed by atoms with Gasteiger partial charge in [0.25, 0.3) is 0 Å². The van der Waals surface area contributed by atoms with Gasteiger partial charge in [0.1, 0.15) is 5.82 Å². The van der Waals surface area contributed by atoms with Gasteiger partial charge in [-0.1, -0.05) is 6.07 Å². The van der Waals surface area contributed by atoms with Gasteiger partial charge in [-0.15, -0.1) is 0 Å². The Morgan fingerprint density at radius 1 is 1.05 bits per heavy atom. The lowest BCUT2D eigenvalue weighted by Gasteiger charge is -2.14. The maximum atomic E-state index is 4.55. The van der Waals surface area contributed by atoms with Crippen LogP contribution in [0.15, 0.2) is 42.9 Å². The largest absolute Gasteiger partial charge is 0.334 e. The van der Waals surface area contributed by atoms with Gasteiger partial charge in [0.05, 0.1) is 0 Å². The number of benzene rings is 1. The van der Waals surface area contributed by atoms with Gasteiger partial charge in [-0.2, -0.15) is 4.57 Å². The van der Waals surface area contributed by atoms with Crippen LogP contribution in [0.1, 0.15) is 22.4 Å². The topological polar surface area (TPSA) is 21.7 Å². The quantitative estimate of drug-likeness (QED) is 0.661. The molecule has 0 N–H and O–H groups in total. The number of aromatic nitrogens is 3. The predicted molar refractivity (Wildman–Crippen MR) is 89.1 cm³/mol. The average molecular weight is 292 g/mol. The van der Waals surface area contributed by atoms with Crippen LogP contribution in [0, 0.1) is 27.7 Å². The normalized spacial score (nSPS) is 11.0. The van der Waals surface area contributed by atoms with Crippen LogP contribution in [0.5, 0.6) is 0 Å². The van der Waals surface area contributed by atoms with Crippen molar-refractivity contribution >= 4 is 0 Å². The van der Waals surface area contributed by atoms with E-state index < -0.39 is 0 Å². The van der Waals surface area contributed by atoms with E-state index in [4.69, 9.17) is 0 Å². The van der Waals surface area contributed by atoms with Crippen LogP contribution < -0.4 is 4.57 Å². The highest BCUT2D eigenvalue weighted by Gasteiger charge is 2.22. The Balaban J connectivity index is 2.34. The van der Waals surface area contributed by atoms with Crippen molar-refractivity contribution in [2.24, 2.45) is 7.05 Å². The minimum Gasteiger partial charge on any atom is -0.334 e. The molecule has 0 saturated carbocycles. The third-order valence-electron chi connectivity index (χ3n) is 4.28. The lowest BCUT2D eigenvalue weighted by molar-refractivity contribution is -0.603. The number of aryl methyl sites for hydroxylation is 4. The van der Waals surface area contributed by atoms with E-state index in [1.165, 1.54) is 33.6 Å². The number of imidazole rings is 1. The summed E-state index contributed by atoms with van der Waals surface area (Å²) in [7, 11) is 2.04. The molecule has 3 rings (SSSR count). The third kappa shape index (κ3) is 2.23. The summed E-state index contributed by atoms with van der Waals surface area (Å²) in [4.78, 5) is 4.55. The number of rotatable bonds is 2. The van der Waals surface area contributed by atoms with Crippen molar-refractivity contribution in [3.63, 3.8) is 0 Å². The molecule has 3 aromatic rings. The van der Waals surface area contributed by atoms with Crippen molar-refractivity contribution in [2.75, 3.05) is 0 Å². The fraction of sp³-hybridized carbons (Fsp3) is 0.263. The molecule has 1 aromatic carbocycles. The van der Waals surface area contributed by atoms with Crippen LogP contribution in [-0.4, -0.2) is 9.55 Å². The SMILES string of the molecule is Cc1cc(C)c(-[n+]2ccccc2C)c(C)c1-c1nccn1C. The number of hydrogen-bond donors (Lipinski definition) is 0. The summed E-state index contributed by atoms with van der Waals surface area (Å²) in [5.74, 6) is 1.02. The summed E-state index contributed by atoms with van der Waals surface area (Å²) in [6.45, 7) is 8.67. The maximum absolute atomic E-state index is 4.55. The minimum atomic E-state index is 1.02. The van der Waals surface area contributed by atoms with Crippen molar-refractivity contribution in [1.82, 2.24) is 9.55 Å². The van der Waals surface area contributed by atoms with E-state index in [1.54, 1.807) is 0 Å². The first kappa shape index (κ1) is 14.5. The van der Waals surface area contributed by atoms with Crippen molar-refractivity contribution in [3.05, 3.63) is 65.2 Å². The predicted octanol–water partition coefficient (Wildman–Crippen LogP) is 3.60. The zero-order chi connectivity index (χ0) is 15.9. The average Bonchev–Trinajstić information content (AvgIpc) is 2.87. The highest BCUT2D eigenvalue weighted by atomic mass is 15.0. The van der Waals surface area contributed by atoms with Crippen molar-refractivity contribution in [1.29, 1.82) is 0 Å². The molecule has 0 radical (unpaired) electrons. The Labute approximate surface area is 131 Å². The number of nitrogens with zero attached hydrogens (tertiary/aromatic N) is 3. The molecule has 0 aliphatic carbocycles. The molecule has 3 nitrogen and oxygen atoms in total. The van der Waals surface area contributed by atoms with Crippen molar-refractivity contribution in [2.45, 2.75) is 27.7 Å². The van der Waals surface area contributed by atoms with Gasteiger partial charge in [-0.25, -0.2) is 4.98 Å². The molecule has 0 spiro atoms. The second-order valence-corrected chi connectivity index (χ2v) is 5.93. The van der Waals surface area contributed by atoms with Crippen LogP contribution in [0.25, 0.3) is 17.1 Å². The van der Waals surface area contributed by atoms with Crippen LogP contribution >= 0.6 is 0 Å². The fourth-order valence-corrected chi connectivity index (χ4v) is 3.28. The minimum absolute atomic E-state index is 1.02. The molecule has 3 heteroatoms. The van der Waals surface area contributed by atoms with Crippen molar-refractivity contribution in [3.8, 4) is 17.1 Å². The molecule has 0 unspecified atom stereocenters. The van der Waals surface area contributed by atoms with Crippen LogP contribution in [0.2, 0.25) is 0 Å². The monoisotopic (exact) mass is 292 g/mol. The van der Waals surface area contributed by atoms with Gasteiger partial charge in [0.2, 0.25) is 5.69 Å². The first-order valence-corrected chi connectivity index (χ1v) is 7.57. The molecule has 2 heterocycles. The Kier molecular flexibility index (Phi) is 3.57. The Morgan fingerprint density at radius 2 is 1.82 bits per heavy atom. The molecular formula is C19H22N3+. The summed E-state index contributed by atoms with van der Waals surface area (Å²) < 4.78 is 4.34. The lowest BCUT2D eigenvalue weighted by atomic mass is 9.96. The molecule has 2 aromatic heterocycles. The first-order valence-electron chi connectivity index (χ1n) is 7.57. The van der Waals surface area contributed by atoms with Gasteiger partial charge in [-0.05, 0) is 32.4 Å². The van der Waals surface area contributed by atoms with Gasteiger partial charge < -0.3 is 4.57 Å². The molecule has 0 aliphatic heterocycles. The molecule has 0 amide bonds. The zero-order valence-corrected chi connectivity index (χ0v) is 13.9. The van der Waals surface area contributed by atoms with Crippen LogP contribution in [0.4, 0.5) is 0 Å². The summed E-state index contributed by atoms with van der Waals surface area (Å²) in [6, 6.07) is 8.54. The van der Waals surface area contributed by atoms with Gasteiger partial charge in [0.15, 0.2) is 11.9 Å². The summed E-state index contributed by atoms with van der Waals surface area (Å²) in [6.07, 6.45) is 5.98. The number of pyridine rings is 1. The maximum Gasteiger partial charge on any atom is 0.217 e. The summed E-state index contributed by atoms with van der Waals surface area (Å²) in [5.41, 5.74) is 7.52. The Morgan fingerprint density at radius 3 is 2.45 bits per heavy atom. The molecule has 0 saturated heterocycles. The van der Waals surface area contributed by atoms with Crippen molar-refractivity contribution < 1.29 is 4.57 Å². The van der Waals surface area contributed by atoms with E-state index in [0.717, 1.165) is 5.82 Å². The third-order valence-corrected chi connectivity index (χ3v) is 4.28. The lowest BCUT2D eigenvalue weighted by Crippen LogP contribution is -2.35. The van der Waals surface area contributed by atoms with E-state index in [1.807, 2.05) is 19.4 Å². The number of hydrogen-bond acceptors (Lipinski definition) is 1. The second kappa shape index (κ2) is 5.41. The van der Waals surface area contributed by atoms with E-state index in [-0.39, 0.29) is 0 Å². The van der Waals surface area contributed by atoms with Crippen LogP contribution in [0.3, 0.4) is 0 Å². The van der Waals surface area contributed by atoms with Gasteiger partial charge in [-0.3, -0.25) is 0 Å². The molecule has 22 heavy (non-hydrogen) atoms. The Hall–Kier alpha value is -2.42. The molecule has 0 atom stereocenters. The standard InChI is InChI=1S/C19H22N3/c1-13-12-14(2)18(22-10-7-6-8-15(22)3)16(4)17(13)19-20-9-11-21(19)5/h6-12H,1-5H3/q+1. The molecular weight excluding hydrogens is 270 g/mol. The highest BCUT2D eigenvalue weighted by molar-refractivity contribution is 5.70. The van der Waals surface area contributed by atoms with Gasteiger partial charge >= 0.3 is 0 Å². The summed E-state index contributed by atoms with van der Waals surface area (Å²) >= 11 is 0.